The van der Waals surface area contributed by atoms with Crippen molar-refractivity contribution in [3.63, 3.8) is 0 Å². The van der Waals surface area contributed by atoms with Gasteiger partial charge in [0.1, 0.15) is 11.3 Å². The van der Waals surface area contributed by atoms with Crippen LogP contribution in [0.3, 0.4) is 0 Å². The average Bonchev–Trinajstić information content (AvgIpc) is 3.13. The van der Waals surface area contributed by atoms with Crippen LogP contribution < -0.4 is 0 Å². The summed E-state index contributed by atoms with van der Waals surface area (Å²) in [4.78, 5) is 17.9. The fraction of sp³-hybridized carbons (Fsp3) is 0.391. The Bertz CT molecular complexity index is 1280. The summed E-state index contributed by atoms with van der Waals surface area (Å²) in [5, 5.41) is 0.449. The van der Waals surface area contributed by atoms with E-state index in [1.807, 2.05) is 13.8 Å². The highest BCUT2D eigenvalue weighted by Gasteiger charge is 2.32. The molecule has 0 N–H and O–H groups in total. The van der Waals surface area contributed by atoms with Crippen molar-refractivity contribution in [2.45, 2.75) is 51.4 Å². The maximum atomic E-state index is 13.5. The summed E-state index contributed by atoms with van der Waals surface area (Å²) in [6.07, 6.45) is 2.59. The monoisotopic (exact) mass is 441 g/mol. The van der Waals surface area contributed by atoms with E-state index in [1.54, 1.807) is 18.6 Å². The van der Waals surface area contributed by atoms with E-state index in [0.717, 1.165) is 36.1 Å². The molecule has 1 saturated heterocycles. The fourth-order valence-electron chi connectivity index (χ4n) is 4.40. The first-order valence-electron chi connectivity index (χ1n) is 10.6. The first-order valence-corrected chi connectivity index (χ1v) is 10.6. The van der Waals surface area contributed by atoms with Crippen LogP contribution in [0.2, 0.25) is 0 Å². The van der Waals surface area contributed by atoms with E-state index in [4.69, 9.17) is 9.72 Å². The number of nitrogens with zero attached hydrogens (tertiary/aromatic N) is 5. The molecule has 0 saturated carbocycles. The van der Waals surface area contributed by atoms with Gasteiger partial charge < -0.3 is 9.30 Å². The first-order chi connectivity index (χ1) is 15.3. The molecule has 4 heterocycles. The predicted molar refractivity (Wildman–Crippen MR) is 113 cm³/mol. The zero-order chi connectivity index (χ0) is 22.5. The van der Waals surface area contributed by atoms with Crippen LogP contribution >= 0.6 is 0 Å². The number of rotatable bonds is 3. The maximum Gasteiger partial charge on any atom is 0.416 e. The van der Waals surface area contributed by atoms with Crippen LogP contribution in [0.1, 0.15) is 48.6 Å². The summed E-state index contributed by atoms with van der Waals surface area (Å²) in [5.41, 5.74) is 2.63. The highest BCUT2D eigenvalue weighted by Crippen LogP contribution is 2.37. The molecule has 0 amide bonds. The van der Waals surface area contributed by atoms with Crippen molar-refractivity contribution in [2.24, 2.45) is 0 Å². The second-order valence-corrected chi connectivity index (χ2v) is 8.31. The Morgan fingerprint density at radius 1 is 1.09 bits per heavy atom. The molecular weight excluding hydrogens is 419 g/mol. The third-order valence-electron chi connectivity index (χ3n) is 5.91. The van der Waals surface area contributed by atoms with Crippen LogP contribution in [0.5, 0.6) is 0 Å². The van der Waals surface area contributed by atoms with E-state index < -0.39 is 11.7 Å². The Hall–Kier alpha value is -3.07. The molecule has 0 aliphatic carbocycles. The molecule has 3 aromatic heterocycles. The minimum absolute atomic E-state index is 0.0528. The highest BCUT2D eigenvalue weighted by atomic mass is 19.4. The van der Waals surface area contributed by atoms with Crippen molar-refractivity contribution < 1.29 is 17.9 Å². The van der Waals surface area contributed by atoms with Crippen molar-refractivity contribution in [2.75, 3.05) is 6.61 Å². The summed E-state index contributed by atoms with van der Waals surface area (Å²) in [6, 6.07) is 3.73. The number of hydrogen-bond donors (Lipinski definition) is 0. The Kier molecular flexibility index (Phi) is 5.08. The number of aryl methyl sites for hydroxylation is 1. The lowest BCUT2D eigenvalue weighted by Crippen LogP contribution is -2.26. The van der Waals surface area contributed by atoms with E-state index in [0.29, 0.717) is 35.0 Å². The van der Waals surface area contributed by atoms with E-state index in [1.165, 1.54) is 12.1 Å². The van der Waals surface area contributed by atoms with Crippen molar-refractivity contribution in [3.8, 4) is 0 Å². The second kappa shape index (κ2) is 7.81. The largest absolute Gasteiger partial charge is 0.416 e. The number of hydrogen-bond acceptors (Lipinski definition) is 5. The van der Waals surface area contributed by atoms with Gasteiger partial charge in [0.2, 0.25) is 0 Å². The van der Waals surface area contributed by atoms with Crippen molar-refractivity contribution in [3.05, 3.63) is 59.6 Å². The minimum atomic E-state index is -4.44. The third kappa shape index (κ3) is 3.81. The minimum Gasteiger partial charge on any atom is -0.378 e. The summed E-state index contributed by atoms with van der Waals surface area (Å²) >= 11 is 0. The van der Waals surface area contributed by atoms with Crippen molar-refractivity contribution in [1.82, 2.24) is 24.5 Å². The van der Waals surface area contributed by atoms with Crippen LogP contribution in [-0.4, -0.2) is 37.2 Å². The number of ether oxygens (including phenoxy) is 1. The number of aromatic nitrogens is 5. The zero-order valence-electron chi connectivity index (χ0n) is 17.7. The Labute approximate surface area is 182 Å². The Balaban J connectivity index is 1.74. The molecule has 2 atom stereocenters. The quantitative estimate of drug-likeness (QED) is 0.446. The van der Waals surface area contributed by atoms with Gasteiger partial charge in [-0.1, -0.05) is 0 Å². The molecule has 0 bridgehead atoms. The van der Waals surface area contributed by atoms with Crippen LogP contribution in [-0.2, 0) is 17.3 Å². The molecule has 4 aromatic rings. The van der Waals surface area contributed by atoms with E-state index in [9.17, 15) is 13.2 Å². The van der Waals surface area contributed by atoms with Gasteiger partial charge in [-0.05, 0) is 44.9 Å². The molecular formula is C23H22F3N5O. The first kappa shape index (κ1) is 20.8. The molecule has 6 nitrogen and oxygen atoms in total. The predicted octanol–water partition coefficient (Wildman–Crippen LogP) is 5.03. The molecule has 5 rings (SSSR count). The molecule has 0 unspecified atom stereocenters. The third-order valence-corrected chi connectivity index (χ3v) is 5.91. The number of imidazole rings is 1. The van der Waals surface area contributed by atoms with Gasteiger partial charge in [-0.15, -0.1) is 0 Å². The lowest BCUT2D eigenvalue weighted by molar-refractivity contribution is -0.137. The van der Waals surface area contributed by atoms with Gasteiger partial charge >= 0.3 is 6.18 Å². The summed E-state index contributed by atoms with van der Waals surface area (Å²) < 4.78 is 48.2. The standard InChI is InChI=1S/C23H22F3N5O/c1-13-10-28-16(11-27-13)9-21-30-20-12-29-19-4-3-15(23(24,25)26)8-18(19)22(20)31(21)17-5-6-32-14(2)7-17/h3-4,8,10-12,14,17H,5-7,9H2,1-2H3/t14-,17-/m1/s1. The van der Waals surface area contributed by atoms with Gasteiger partial charge in [-0.2, -0.15) is 13.2 Å². The van der Waals surface area contributed by atoms with Crippen molar-refractivity contribution >= 4 is 21.9 Å². The molecule has 0 spiro atoms. The lowest BCUT2D eigenvalue weighted by Gasteiger charge is -2.30. The van der Waals surface area contributed by atoms with E-state index in [-0.39, 0.29) is 12.1 Å². The average molecular weight is 441 g/mol. The molecule has 166 valence electrons. The van der Waals surface area contributed by atoms with Gasteiger partial charge in [0.05, 0.1) is 40.3 Å². The molecule has 1 aliphatic rings. The second-order valence-electron chi connectivity index (χ2n) is 8.31. The molecule has 1 fully saturated rings. The van der Waals surface area contributed by atoms with E-state index in [2.05, 4.69) is 19.5 Å². The van der Waals surface area contributed by atoms with Gasteiger partial charge in [-0.25, -0.2) is 4.98 Å². The summed E-state index contributed by atoms with van der Waals surface area (Å²) in [7, 11) is 0. The van der Waals surface area contributed by atoms with Crippen LogP contribution in [0, 0.1) is 6.92 Å². The van der Waals surface area contributed by atoms with Gasteiger partial charge in [-0.3, -0.25) is 15.0 Å². The smallest absolute Gasteiger partial charge is 0.378 e. The number of fused-ring (bicyclic) bond motifs is 3. The number of benzene rings is 1. The molecule has 32 heavy (non-hydrogen) atoms. The normalized spacial score (nSPS) is 19.7. The van der Waals surface area contributed by atoms with Crippen LogP contribution in [0.25, 0.3) is 21.9 Å². The Morgan fingerprint density at radius 3 is 2.66 bits per heavy atom. The topological polar surface area (TPSA) is 65.7 Å². The van der Waals surface area contributed by atoms with Gasteiger partial charge in [0, 0.05) is 36.8 Å². The Morgan fingerprint density at radius 2 is 1.94 bits per heavy atom. The molecule has 0 radical (unpaired) electrons. The number of pyridine rings is 1. The summed E-state index contributed by atoms with van der Waals surface area (Å²) in [6.45, 7) is 4.47. The molecule has 1 aliphatic heterocycles. The van der Waals surface area contributed by atoms with Crippen LogP contribution in [0.15, 0.2) is 36.8 Å². The molecule has 1 aromatic carbocycles. The fourth-order valence-corrected chi connectivity index (χ4v) is 4.40. The van der Waals surface area contributed by atoms with Crippen molar-refractivity contribution in [1.29, 1.82) is 0 Å². The maximum absolute atomic E-state index is 13.5. The number of alkyl halides is 3. The highest BCUT2D eigenvalue weighted by molar-refractivity contribution is 6.02. The van der Waals surface area contributed by atoms with Crippen LogP contribution in [0.4, 0.5) is 13.2 Å². The molecule has 9 heteroatoms. The van der Waals surface area contributed by atoms with E-state index >= 15 is 0 Å². The summed E-state index contributed by atoms with van der Waals surface area (Å²) in [5.74, 6) is 0.740. The number of halogens is 3. The van der Waals surface area contributed by atoms with Gasteiger partial charge in [0.15, 0.2) is 0 Å². The zero-order valence-corrected chi connectivity index (χ0v) is 17.7. The lowest BCUT2D eigenvalue weighted by atomic mass is 10.0. The van der Waals surface area contributed by atoms with Gasteiger partial charge in [0.25, 0.3) is 0 Å². The SMILES string of the molecule is Cc1cnc(Cc2nc3cnc4ccc(C(F)(F)F)cc4c3n2[C@@H]2CCO[C@H](C)C2)cn1.